The first-order chi connectivity index (χ1) is 8.33. The molecule has 0 fully saturated rings. The molecular weight excluding hydrogens is 226 g/mol. The summed E-state index contributed by atoms with van der Waals surface area (Å²) in [5, 5.41) is 0. The van der Waals surface area contributed by atoms with E-state index in [4.69, 9.17) is 5.73 Å². The zero-order valence-electron chi connectivity index (χ0n) is 11.7. The Morgan fingerprint density at radius 3 is 2.28 bits per heavy atom. The van der Waals surface area contributed by atoms with E-state index < -0.39 is 0 Å². The van der Waals surface area contributed by atoms with E-state index in [-0.39, 0.29) is 12.0 Å². The molecule has 0 aliphatic carbocycles. The Morgan fingerprint density at radius 1 is 1.28 bits per heavy atom. The molecule has 2 N–H and O–H groups in total. The molecule has 0 saturated carbocycles. The van der Waals surface area contributed by atoms with Crippen LogP contribution in [0.15, 0.2) is 24.3 Å². The molecule has 0 radical (unpaired) electrons. The molecule has 1 rings (SSSR count). The number of methoxy groups -OCH3 is 1. The predicted octanol–water partition coefficient (Wildman–Crippen LogP) is 3.30. The topological polar surface area (TPSA) is 52.3 Å². The van der Waals surface area contributed by atoms with Crippen LogP contribution in [0.2, 0.25) is 0 Å². The normalized spacial score (nSPS) is 13.2. The van der Waals surface area contributed by atoms with Crippen molar-refractivity contribution < 1.29 is 9.53 Å². The van der Waals surface area contributed by atoms with Crippen LogP contribution in [-0.2, 0) is 4.74 Å². The van der Waals surface area contributed by atoms with E-state index in [9.17, 15) is 4.79 Å². The SMILES string of the molecule is COC(=O)c1ccc([C@@H](N)CCC(C)(C)C)cc1. The molecule has 1 aromatic rings. The lowest BCUT2D eigenvalue weighted by Gasteiger charge is -2.21. The number of esters is 1. The maximum atomic E-state index is 11.3. The zero-order valence-corrected chi connectivity index (χ0v) is 11.7. The summed E-state index contributed by atoms with van der Waals surface area (Å²) >= 11 is 0. The Bertz CT molecular complexity index is 390. The monoisotopic (exact) mass is 249 g/mol. The van der Waals surface area contributed by atoms with Crippen LogP contribution in [0.25, 0.3) is 0 Å². The maximum absolute atomic E-state index is 11.3. The molecule has 0 amide bonds. The quantitative estimate of drug-likeness (QED) is 0.833. The van der Waals surface area contributed by atoms with E-state index >= 15 is 0 Å². The summed E-state index contributed by atoms with van der Waals surface area (Å²) in [5.41, 5.74) is 8.06. The molecule has 3 heteroatoms. The van der Waals surface area contributed by atoms with Gasteiger partial charge >= 0.3 is 5.97 Å². The molecular formula is C15H23NO2. The summed E-state index contributed by atoms with van der Waals surface area (Å²) in [6.45, 7) is 6.63. The second-order valence-electron chi connectivity index (χ2n) is 5.82. The average Bonchev–Trinajstić information content (AvgIpc) is 2.34. The lowest BCUT2D eigenvalue weighted by Crippen LogP contribution is -2.15. The van der Waals surface area contributed by atoms with E-state index in [1.54, 1.807) is 12.1 Å². The third-order valence-corrected chi connectivity index (χ3v) is 2.97. The van der Waals surface area contributed by atoms with Gasteiger partial charge < -0.3 is 10.5 Å². The number of carbonyl (C=O) groups is 1. The van der Waals surface area contributed by atoms with E-state index in [0.29, 0.717) is 11.0 Å². The molecule has 1 atom stereocenters. The smallest absolute Gasteiger partial charge is 0.337 e. The fourth-order valence-corrected chi connectivity index (χ4v) is 1.74. The average molecular weight is 249 g/mol. The second kappa shape index (κ2) is 6.01. The lowest BCUT2D eigenvalue weighted by molar-refractivity contribution is 0.0600. The van der Waals surface area contributed by atoms with Gasteiger partial charge in [-0.3, -0.25) is 0 Å². The molecule has 0 saturated heterocycles. The highest BCUT2D eigenvalue weighted by molar-refractivity contribution is 5.89. The van der Waals surface area contributed by atoms with Crippen molar-refractivity contribution in [2.24, 2.45) is 11.1 Å². The summed E-state index contributed by atoms with van der Waals surface area (Å²) in [5.74, 6) is -0.315. The molecule has 100 valence electrons. The van der Waals surface area contributed by atoms with Gasteiger partial charge in [0.05, 0.1) is 12.7 Å². The maximum Gasteiger partial charge on any atom is 0.337 e. The molecule has 0 heterocycles. The van der Waals surface area contributed by atoms with Gasteiger partial charge in [-0.05, 0) is 36.0 Å². The highest BCUT2D eigenvalue weighted by Gasteiger charge is 2.14. The van der Waals surface area contributed by atoms with Gasteiger partial charge in [-0.2, -0.15) is 0 Å². The second-order valence-corrected chi connectivity index (χ2v) is 5.82. The third kappa shape index (κ3) is 4.49. The summed E-state index contributed by atoms with van der Waals surface area (Å²) in [4.78, 5) is 11.3. The number of nitrogens with two attached hydrogens (primary N) is 1. The highest BCUT2D eigenvalue weighted by atomic mass is 16.5. The van der Waals surface area contributed by atoms with Gasteiger partial charge in [0, 0.05) is 6.04 Å². The number of hydrogen-bond donors (Lipinski definition) is 1. The fourth-order valence-electron chi connectivity index (χ4n) is 1.74. The van der Waals surface area contributed by atoms with Crippen molar-refractivity contribution in [3.05, 3.63) is 35.4 Å². The van der Waals surface area contributed by atoms with E-state index in [0.717, 1.165) is 18.4 Å². The van der Waals surface area contributed by atoms with Crippen molar-refractivity contribution in [3.63, 3.8) is 0 Å². The summed E-state index contributed by atoms with van der Waals surface area (Å²) in [7, 11) is 1.38. The lowest BCUT2D eigenvalue weighted by atomic mass is 9.87. The molecule has 18 heavy (non-hydrogen) atoms. The van der Waals surface area contributed by atoms with Crippen LogP contribution in [0, 0.1) is 5.41 Å². The molecule has 1 aromatic carbocycles. The van der Waals surface area contributed by atoms with Crippen LogP contribution in [0.1, 0.15) is 55.6 Å². The van der Waals surface area contributed by atoms with Gasteiger partial charge in [-0.25, -0.2) is 4.79 Å². The highest BCUT2D eigenvalue weighted by Crippen LogP contribution is 2.26. The van der Waals surface area contributed by atoms with Crippen molar-refractivity contribution >= 4 is 5.97 Å². The first-order valence-electron chi connectivity index (χ1n) is 6.27. The van der Waals surface area contributed by atoms with Crippen LogP contribution in [0.5, 0.6) is 0 Å². The standard InChI is InChI=1S/C15H23NO2/c1-15(2,3)10-9-13(16)11-5-7-12(8-6-11)14(17)18-4/h5-8,13H,9-10,16H2,1-4H3/t13-/m0/s1. The van der Waals surface area contributed by atoms with Gasteiger partial charge in [0.2, 0.25) is 0 Å². The van der Waals surface area contributed by atoms with Crippen molar-refractivity contribution in [1.82, 2.24) is 0 Å². The summed E-state index contributed by atoms with van der Waals surface area (Å²) < 4.78 is 4.66. The van der Waals surface area contributed by atoms with Crippen LogP contribution < -0.4 is 5.73 Å². The largest absolute Gasteiger partial charge is 0.465 e. The fraction of sp³-hybridized carbons (Fsp3) is 0.533. The minimum atomic E-state index is -0.315. The van der Waals surface area contributed by atoms with Crippen LogP contribution in [0.3, 0.4) is 0 Å². The Kier molecular flexibility index (Phi) is 4.91. The van der Waals surface area contributed by atoms with Crippen molar-refractivity contribution in [2.75, 3.05) is 7.11 Å². The van der Waals surface area contributed by atoms with Crippen molar-refractivity contribution in [1.29, 1.82) is 0 Å². The van der Waals surface area contributed by atoms with E-state index in [1.807, 2.05) is 12.1 Å². The number of ether oxygens (including phenoxy) is 1. The first-order valence-corrected chi connectivity index (χ1v) is 6.27. The molecule has 0 unspecified atom stereocenters. The number of carbonyl (C=O) groups excluding carboxylic acids is 1. The van der Waals surface area contributed by atoms with Crippen LogP contribution >= 0.6 is 0 Å². The zero-order chi connectivity index (χ0) is 13.8. The van der Waals surface area contributed by atoms with Gasteiger partial charge in [0.1, 0.15) is 0 Å². The van der Waals surface area contributed by atoms with Crippen molar-refractivity contribution in [3.8, 4) is 0 Å². The molecule has 0 aliphatic heterocycles. The Labute approximate surface area is 109 Å². The van der Waals surface area contributed by atoms with Gasteiger partial charge in [-0.15, -0.1) is 0 Å². The van der Waals surface area contributed by atoms with E-state index in [1.165, 1.54) is 7.11 Å². The molecule has 0 bridgehead atoms. The van der Waals surface area contributed by atoms with Crippen LogP contribution in [0.4, 0.5) is 0 Å². The Hall–Kier alpha value is -1.35. The van der Waals surface area contributed by atoms with Crippen LogP contribution in [-0.4, -0.2) is 13.1 Å². The number of rotatable bonds is 4. The summed E-state index contributed by atoms with van der Waals surface area (Å²) in [6, 6.07) is 7.35. The van der Waals surface area contributed by atoms with Crippen molar-refractivity contribution in [2.45, 2.75) is 39.7 Å². The minimum Gasteiger partial charge on any atom is -0.465 e. The Morgan fingerprint density at radius 2 is 1.83 bits per heavy atom. The third-order valence-electron chi connectivity index (χ3n) is 2.97. The van der Waals surface area contributed by atoms with Gasteiger partial charge in [0.25, 0.3) is 0 Å². The summed E-state index contributed by atoms with van der Waals surface area (Å²) in [6.07, 6.45) is 2.02. The molecule has 0 aromatic heterocycles. The number of benzene rings is 1. The van der Waals surface area contributed by atoms with Gasteiger partial charge in [-0.1, -0.05) is 32.9 Å². The number of hydrogen-bond acceptors (Lipinski definition) is 3. The van der Waals surface area contributed by atoms with E-state index in [2.05, 4.69) is 25.5 Å². The van der Waals surface area contributed by atoms with Gasteiger partial charge in [0.15, 0.2) is 0 Å². The minimum absolute atomic E-state index is 0.0240. The molecule has 3 nitrogen and oxygen atoms in total. The predicted molar refractivity (Wildman–Crippen MR) is 73.4 cm³/mol. The Balaban J connectivity index is 2.64. The molecule has 0 aliphatic rings. The molecule has 0 spiro atoms. The first kappa shape index (κ1) is 14.7.